The van der Waals surface area contributed by atoms with Crippen LogP contribution in [0.5, 0.6) is 0 Å². The van der Waals surface area contributed by atoms with Crippen LogP contribution in [0.25, 0.3) is 0 Å². The lowest BCUT2D eigenvalue weighted by Gasteiger charge is -2.22. The van der Waals surface area contributed by atoms with Gasteiger partial charge in [0, 0.05) is 25.7 Å². The van der Waals surface area contributed by atoms with E-state index in [1.165, 1.54) is 0 Å². The van der Waals surface area contributed by atoms with Gasteiger partial charge >= 0.3 is 0 Å². The van der Waals surface area contributed by atoms with Crippen LogP contribution in [0.15, 0.2) is 10.6 Å². The Labute approximate surface area is 88.4 Å². The van der Waals surface area contributed by atoms with Crippen molar-refractivity contribution in [1.29, 1.82) is 0 Å². The molecule has 0 radical (unpaired) electrons. The number of aromatic nitrogens is 1. The normalized spacial score (nSPS) is 20.5. The van der Waals surface area contributed by atoms with Crippen LogP contribution in [-0.4, -0.2) is 42.1 Å². The highest BCUT2D eigenvalue weighted by atomic mass is 16.5. The molecule has 82 valence electrons. The Kier molecular flexibility index (Phi) is 2.73. The minimum absolute atomic E-state index is 0.0932. The van der Waals surface area contributed by atoms with E-state index in [1.54, 1.807) is 24.9 Å². The van der Waals surface area contributed by atoms with E-state index < -0.39 is 0 Å². The average molecular weight is 209 g/mol. The van der Waals surface area contributed by atoms with E-state index in [4.69, 9.17) is 4.52 Å². The molecule has 1 fully saturated rings. The molecule has 5 nitrogen and oxygen atoms in total. The third kappa shape index (κ3) is 2.02. The predicted molar refractivity (Wildman–Crippen MR) is 54.6 cm³/mol. The van der Waals surface area contributed by atoms with Crippen LogP contribution in [0.2, 0.25) is 0 Å². The second kappa shape index (κ2) is 4.02. The van der Waals surface area contributed by atoms with E-state index in [0.29, 0.717) is 5.76 Å². The Morgan fingerprint density at radius 1 is 1.73 bits per heavy atom. The van der Waals surface area contributed by atoms with E-state index in [2.05, 4.69) is 10.5 Å². The van der Waals surface area contributed by atoms with Crippen LogP contribution < -0.4 is 5.32 Å². The van der Waals surface area contributed by atoms with E-state index in [1.807, 2.05) is 0 Å². The number of nitrogens with one attached hydrogen (secondary N) is 1. The van der Waals surface area contributed by atoms with Crippen molar-refractivity contribution in [1.82, 2.24) is 15.4 Å². The lowest BCUT2D eigenvalue weighted by molar-refractivity contribution is 0.0701. The van der Waals surface area contributed by atoms with Gasteiger partial charge in [-0.25, -0.2) is 0 Å². The standard InChI is InChI=1S/C10H15N3O2/c1-7-5-9(15-12-7)10(14)13(2)8-3-4-11-6-8/h5,8,11H,3-4,6H2,1-2H3. The van der Waals surface area contributed by atoms with Gasteiger partial charge in [-0.15, -0.1) is 0 Å². The molecule has 5 heteroatoms. The van der Waals surface area contributed by atoms with Crippen LogP contribution >= 0.6 is 0 Å². The van der Waals surface area contributed by atoms with Gasteiger partial charge in [0.15, 0.2) is 0 Å². The smallest absolute Gasteiger partial charge is 0.292 e. The predicted octanol–water partition coefficient (Wildman–Crippen LogP) is 0.417. The summed E-state index contributed by atoms with van der Waals surface area (Å²) in [6.45, 7) is 3.63. The highest BCUT2D eigenvalue weighted by Crippen LogP contribution is 2.11. The first-order valence-corrected chi connectivity index (χ1v) is 5.09. The minimum atomic E-state index is -0.0932. The van der Waals surface area contributed by atoms with Crippen molar-refractivity contribution < 1.29 is 9.32 Å². The SMILES string of the molecule is Cc1cc(C(=O)N(C)C2CCNC2)on1. The van der Waals surface area contributed by atoms with Crippen molar-refractivity contribution in [3.05, 3.63) is 17.5 Å². The zero-order chi connectivity index (χ0) is 10.8. The van der Waals surface area contributed by atoms with Crippen molar-refractivity contribution in [2.24, 2.45) is 0 Å². The van der Waals surface area contributed by atoms with Gasteiger partial charge < -0.3 is 14.7 Å². The van der Waals surface area contributed by atoms with E-state index in [0.717, 1.165) is 25.2 Å². The van der Waals surface area contributed by atoms with Crippen LogP contribution in [0, 0.1) is 6.92 Å². The van der Waals surface area contributed by atoms with Gasteiger partial charge in [-0.05, 0) is 19.9 Å². The summed E-state index contributed by atoms with van der Waals surface area (Å²) in [6, 6.07) is 1.93. The molecule has 1 aromatic heterocycles. The Balaban J connectivity index is 2.06. The molecule has 1 aromatic rings. The molecule has 0 spiro atoms. The Hall–Kier alpha value is -1.36. The van der Waals surface area contributed by atoms with E-state index in [-0.39, 0.29) is 11.9 Å². The number of rotatable bonds is 2. The monoisotopic (exact) mass is 209 g/mol. The molecule has 0 saturated carbocycles. The van der Waals surface area contributed by atoms with Crippen molar-refractivity contribution in [3.8, 4) is 0 Å². The maximum Gasteiger partial charge on any atom is 0.292 e. The molecule has 0 aromatic carbocycles. The summed E-state index contributed by atoms with van der Waals surface area (Å²) >= 11 is 0. The summed E-state index contributed by atoms with van der Waals surface area (Å²) < 4.78 is 4.95. The molecule has 15 heavy (non-hydrogen) atoms. The first-order valence-electron chi connectivity index (χ1n) is 5.09. The van der Waals surface area contributed by atoms with Crippen LogP contribution in [0.3, 0.4) is 0 Å². The number of carbonyl (C=O) groups is 1. The fourth-order valence-electron chi connectivity index (χ4n) is 1.77. The first-order chi connectivity index (χ1) is 7.18. The third-order valence-electron chi connectivity index (χ3n) is 2.74. The quantitative estimate of drug-likeness (QED) is 0.766. The maximum atomic E-state index is 11.9. The number of likely N-dealkylation sites (N-methyl/N-ethyl adjacent to an activating group) is 1. The fourth-order valence-corrected chi connectivity index (χ4v) is 1.77. The van der Waals surface area contributed by atoms with Gasteiger partial charge in [0.2, 0.25) is 5.76 Å². The summed E-state index contributed by atoms with van der Waals surface area (Å²) in [6.07, 6.45) is 0.995. The van der Waals surface area contributed by atoms with Gasteiger partial charge in [0.25, 0.3) is 5.91 Å². The number of amides is 1. The second-order valence-electron chi connectivity index (χ2n) is 3.90. The number of aryl methyl sites for hydroxylation is 1. The molecular weight excluding hydrogens is 194 g/mol. The topological polar surface area (TPSA) is 58.4 Å². The summed E-state index contributed by atoms with van der Waals surface area (Å²) in [5, 5.41) is 6.93. The van der Waals surface area contributed by atoms with Gasteiger partial charge in [-0.1, -0.05) is 5.16 Å². The van der Waals surface area contributed by atoms with E-state index >= 15 is 0 Å². The fraction of sp³-hybridized carbons (Fsp3) is 0.600. The zero-order valence-electron chi connectivity index (χ0n) is 8.99. The van der Waals surface area contributed by atoms with Gasteiger partial charge in [0.05, 0.1) is 5.69 Å². The first kappa shape index (κ1) is 10.2. The molecule has 1 atom stereocenters. The number of carbonyl (C=O) groups excluding carboxylic acids is 1. The highest BCUT2D eigenvalue weighted by molar-refractivity contribution is 5.91. The van der Waals surface area contributed by atoms with Crippen LogP contribution in [0.1, 0.15) is 22.7 Å². The third-order valence-corrected chi connectivity index (χ3v) is 2.74. The van der Waals surface area contributed by atoms with Crippen LogP contribution in [-0.2, 0) is 0 Å². The molecule has 1 unspecified atom stereocenters. The molecule has 0 aliphatic carbocycles. The molecule has 0 bridgehead atoms. The zero-order valence-corrected chi connectivity index (χ0v) is 8.99. The maximum absolute atomic E-state index is 11.9. The number of hydrogen-bond donors (Lipinski definition) is 1. The summed E-state index contributed by atoms with van der Waals surface area (Å²) in [4.78, 5) is 13.6. The van der Waals surface area contributed by atoms with E-state index in [9.17, 15) is 4.79 Å². The second-order valence-corrected chi connectivity index (χ2v) is 3.90. The van der Waals surface area contributed by atoms with Gasteiger partial charge in [-0.2, -0.15) is 0 Å². The molecule has 2 rings (SSSR count). The molecule has 1 saturated heterocycles. The minimum Gasteiger partial charge on any atom is -0.351 e. The average Bonchev–Trinajstić information content (AvgIpc) is 2.85. The van der Waals surface area contributed by atoms with Gasteiger partial charge in [0.1, 0.15) is 0 Å². The Bertz CT molecular complexity index is 355. The molecule has 1 amide bonds. The summed E-state index contributed by atoms with van der Waals surface area (Å²) in [5.41, 5.74) is 0.733. The van der Waals surface area contributed by atoms with Crippen molar-refractivity contribution in [2.75, 3.05) is 20.1 Å². The molecule has 1 N–H and O–H groups in total. The molecule has 1 aliphatic rings. The number of nitrogens with zero attached hydrogens (tertiary/aromatic N) is 2. The van der Waals surface area contributed by atoms with Crippen molar-refractivity contribution in [2.45, 2.75) is 19.4 Å². The highest BCUT2D eigenvalue weighted by Gasteiger charge is 2.26. The van der Waals surface area contributed by atoms with Crippen molar-refractivity contribution in [3.63, 3.8) is 0 Å². The number of hydrogen-bond acceptors (Lipinski definition) is 4. The largest absolute Gasteiger partial charge is 0.351 e. The Morgan fingerprint density at radius 3 is 3.07 bits per heavy atom. The molecule has 1 aliphatic heterocycles. The lowest BCUT2D eigenvalue weighted by Crippen LogP contribution is -2.38. The summed E-state index contributed by atoms with van der Waals surface area (Å²) in [5.74, 6) is 0.228. The summed E-state index contributed by atoms with van der Waals surface area (Å²) in [7, 11) is 1.80. The Morgan fingerprint density at radius 2 is 2.53 bits per heavy atom. The lowest BCUT2D eigenvalue weighted by atomic mass is 10.2. The van der Waals surface area contributed by atoms with Gasteiger partial charge in [-0.3, -0.25) is 4.79 Å². The van der Waals surface area contributed by atoms with Crippen LogP contribution in [0.4, 0.5) is 0 Å². The van der Waals surface area contributed by atoms with Crippen molar-refractivity contribution >= 4 is 5.91 Å². The molecular formula is C10H15N3O2. The molecule has 2 heterocycles.